The average molecular weight is 404 g/mol. The number of aromatic nitrogens is 1. The van der Waals surface area contributed by atoms with Gasteiger partial charge >= 0.3 is 0 Å². The SMILES string of the molecule is C=C(OC)c1ccc(NC(=O)c2cc(O)cc(OC(C)Cc3ccccc3)c2)nc1. The van der Waals surface area contributed by atoms with Gasteiger partial charge < -0.3 is 19.9 Å². The summed E-state index contributed by atoms with van der Waals surface area (Å²) < 4.78 is 11.0. The van der Waals surface area contributed by atoms with Crippen molar-refractivity contribution in [2.75, 3.05) is 12.4 Å². The van der Waals surface area contributed by atoms with E-state index < -0.39 is 5.91 Å². The predicted molar refractivity (Wildman–Crippen MR) is 117 cm³/mol. The first-order chi connectivity index (χ1) is 14.4. The van der Waals surface area contributed by atoms with Crippen LogP contribution in [0.3, 0.4) is 0 Å². The van der Waals surface area contributed by atoms with E-state index in [-0.39, 0.29) is 17.4 Å². The molecule has 1 aromatic heterocycles. The molecule has 0 saturated carbocycles. The quantitative estimate of drug-likeness (QED) is 0.534. The molecule has 0 bridgehead atoms. The van der Waals surface area contributed by atoms with Crippen LogP contribution in [0.15, 0.2) is 73.4 Å². The molecule has 1 atom stereocenters. The molecule has 6 heteroatoms. The summed E-state index contributed by atoms with van der Waals surface area (Å²) in [5.74, 6) is 0.820. The van der Waals surface area contributed by atoms with Crippen LogP contribution in [0.25, 0.3) is 5.76 Å². The summed E-state index contributed by atoms with van der Waals surface area (Å²) in [5, 5.41) is 12.7. The van der Waals surface area contributed by atoms with Crippen molar-refractivity contribution < 1.29 is 19.4 Å². The number of carbonyl (C=O) groups excluding carboxylic acids is 1. The van der Waals surface area contributed by atoms with E-state index in [1.807, 2.05) is 37.3 Å². The molecule has 6 nitrogen and oxygen atoms in total. The maximum atomic E-state index is 12.6. The lowest BCUT2D eigenvalue weighted by Crippen LogP contribution is -2.16. The Labute approximate surface area is 175 Å². The summed E-state index contributed by atoms with van der Waals surface area (Å²) in [6.07, 6.45) is 2.14. The summed E-state index contributed by atoms with van der Waals surface area (Å²) in [6, 6.07) is 17.8. The minimum Gasteiger partial charge on any atom is -0.508 e. The topological polar surface area (TPSA) is 80.7 Å². The number of anilines is 1. The third kappa shape index (κ3) is 5.61. The number of aromatic hydroxyl groups is 1. The molecule has 0 radical (unpaired) electrons. The number of pyridine rings is 1. The van der Waals surface area contributed by atoms with Crippen molar-refractivity contribution in [3.63, 3.8) is 0 Å². The molecule has 0 fully saturated rings. The van der Waals surface area contributed by atoms with Crippen molar-refractivity contribution in [2.45, 2.75) is 19.4 Å². The van der Waals surface area contributed by atoms with Crippen molar-refractivity contribution >= 4 is 17.5 Å². The van der Waals surface area contributed by atoms with Crippen molar-refractivity contribution in [3.05, 3.63) is 90.1 Å². The third-order valence-corrected chi connectivity index (χ3v) is 4.43. The second-order valence-electron chi connectivity index (χ2n) is 6.85. The monoisotopic (exact) mass is 404 g/mol. The van der Waals surface area contributed by atoms with Crippen molar-refractivity contribution in [3.8, 4) is 11.5 Å². The number of nitrogens with one attached hydrogen (secondary N) is 1. The van der Waals surface area contributed by atoms with E-state index in [4.69, 9.17) is 9.47 Å². The Bertz CT molecular complexity index is 1020. The smallest absolute Gasteiger partial charge is 0.257 e. The van der Waals surface area contributed by atoms with E-state index in [1.165, 1.54) is 19.2 Å². The van der Waals surface area contributed by atoms with Gasteiger partial charge in [-0.05, 0) is 36.8 Å². The van der Waals surface area contributed by atoms with Gasteiger partial charge in [0.2, 0.25) is 0 Å². The van der Waals surface area contributed by atoms with E-state index in [0.29, 0.717) is 23.7 Å². The summed E-state index contributed by atoms with van der Waals surface area (Å²) >= 11 is 0. The highest BCUT2D eigenvalue weighted by Crippen LogP contribution is 2.24. The lowest BCUT2D eigenvalue weighted by Gasteiger charge is -2.16. The van der Waals surface area contributed by atoms with Crippen LogP contribution in [0.4, 0.5) is 5.82 Å². The minimum atomic E-state index is -0.405. The second kappa shape index (κ2) is 9.60. The fourth-order valence-corrected chi connectivity index (χ4v) is 2.94. The van der Waals surface area contributed by atoms with Gasteiger partial charge in [-0.2, -0.15) is 0 Å². The molecular weight excluding hydrogens is 380 g/mol. The lowest BCUT2D eigenvalue weighted by molar-refractivity contribution is 0.102. The maximum absolute atomic E-state index is 12.6. The largest absolute Gasteiger partial charge is 0.508 e. The normalized spacial score (nSPS) is 11.4. The van der Waals surface area contributed by atoms with Crippen LogP contribution in [0, 0.1) is 0 Å². The zero-order valence-electron chi connectivity index (χ0n) is 17.0. The fraction of sp³-hybridized carbons (Fsp3) is 0.167. The Morgan fingerprint density at radius 3 is 2.57 bits per heavy atom. The van der Waals surface area contributed by atoms with Crippen LogP contribution in [-0.2, 0) is 11.2 Å². The third-order valence-electron chi connectivity index (χ3n) is 4.43. The number of methoxy groups -OCH3 is 1. The van der Waals surface area contributed by atoms with Crippen LogP contribution in [-0.4, -0.2) is 29.2 Å². The summed E-state index contributed by atoms with van der Waals surface area (Å²) in [4.78, 5) is 16.8. The molecule has 3 rings (SSSR count). The minimum absolute atomic E-state index is 0.0516. The van der Waals surface area contributed by atoms with Crippen LogP contribution in [0.5, 0.6) is 11.5 Å². The Kier molecular flexibility index (Phi) is 6.70. The van der Waals surface area contributed by atoms with Gasteiger partial charge in [0.25, 0.3) is 5.91 Å². The number of carbonyl (C=O) groups is 1. The van der Waals surface area contributed by atoms with E-state index >= 15 is 0 Å². The Morgan fingerprint density at radius 1 is 1.13 bits per heavy atom. The summed E-state index contributed by atoms with van der Waals surface area (Å²) in [7, 11) is 1.53. The van der Waals surface area contributed by atoms with E-state index in [0.717, 1.165) is 11.1 Å². The highest BCUT2D eigenvalue weighted by atomic mass is 16.5. The molecule has 1 amide bonds. The van der Waals surface area contributed by atoms with Crippen molar-refractivity contribution in [2.24, 2.45) is 0 Å². The first kappa shape index (κ1) is 20.9. The van der Waals surface area contributed by atoms with E-state index in [1.54, 1.807) is 24.4 Å². The van der Waals surface area contributed by atoms with Gasteiger partial charge in [0.1, 0.15) is 23.1 Å². The van der Waals surface area contributed by atoms with Crippen LogP contribution in [0.1, 0.15) is 28.4 Å². The number of phenolic OH excluding ortho intramolecular Hbond substituents is 1. The van der Waals surface area contributed by atoms with E-state index in [2.05, 4.69) is 16.9 Å². The van der Waals surface area contributed by atoms with Gasteiger partial charge in [0, 0.05) is 29.8 Å². The Hall–Kier alpha value is -3.80. The van der Waals surface area contributed by atoms with Crippen LogP contribution in [0.2, 0.25) is 0 Å². The summed E-state index contributed by atoms with van der Waals surface area (Å²) in [6.45, 7) is 5.70. The van der Waals surface area contributed by atoms with Crippen LogP contribution >= 0.6 is 0 Å². The van der Waals surface area contributed by atoms with Crippen LogP contribution < -0.4 is 10.1 Å². The summed E-state index contributed by atoms with van der Waals surface area (Å²) in [5.41, 5.74) is 2.13. The zero-order chi connectivity index (χ0) is 21.5. The predicted octanol–water partition coefficient (Wildman–Crippen LogP) is 4.67. The molecule has 1 heterocycles. The van der Waals surface area contributed by atoms with Gasteiger partial charge in [-0.1, -0.05) is 36.9 Å². The van der Waals surface area contributed by atoms with Gasteiger partial charge in [-0.3, -0.25) is 4.79 Å². The highest BCUT2D eigenvalue weighted by Gasteiger charge is 2.13. The van der Waals surface area contributed by atoms with E-state index in [9.17, 15) is 9.90 Å². The van der Waals surface area contributed by atoms with Gasteiger partial charge in [0.15, 0.2) is 0 Å². The number of hydrogen-bond acceptors (Lipinski definition) is 5. The molecule has 0 spiro atoms. The van der Waals surface area contributed by atoms with Crippen molar-refractivity contribution in [1.29, 1.82) is 0 Å². The lowest BCUT2D eigenvalue weighted by atomic mass is 10.1. The van der Waals surface area contributed by atoms with Gasteiger partial charge in [0.05, 0.1) is 13.2 Å². The Morgan fingerprint density at radius 2 is 1.90 bits per heavy atom. The van der Waals surface area contributed by atoms with Gasteiger partial charge in [-0.25, -0.2) is 4.98 Å². The molecular formula is C24H24N2O4. The van der Waals surface area contributed by atoms with Crippen molar-refractivity contribution in [1.82, 2.24) is 4.98 Å². The molecule has 2 aromatic carbocycles. The number of hydrogen-bond donors (Lipinski definition) is 2. The number of ether oxygens (including phenoxy) is 2. The number of nitrogens with zero attached hydrogens (tertiary/aromatic N) is 1. The molecule has 0 aliphatic carbocycles. The fourth-order valence-electron chi connectivity index (χ4n) is 2.94. The Balaban J connectivity index is 1.68. The molecule has 0 aliphatic heterocycles. The number of phenols is 1. The molecule has 0 aliphatic rings. The molecule has 2 N–H and O–H groups in total. The number of rotatable bonds is 8. The molecule has 154 valence electrons. The molecule has 30 heavy (non-hydrogen) atoms. The zero-order valence-corrected chi connectivity index (χ0v) is 17.0. The maximum Gasteiger partial charge on any atom is 0.257 e. The van der Waals surface area contributed by atoms with Gasteiger partial charge in [-0.15, -0.1) is 0 Å². The first-order valence-electron chi connectivity index (χ1n) is 9.50. The molecule has 0 saturated heterocycles. The second-order valence-corrected chi connectivity index (χ2v) is 6.85. The number of amides is 1. The highest BCUT2D eigenvalue weighted by molar-refractivity contribution is 6.04. The number of benzene rings is 2. The average Bonchev–Trinajstić information content (AvgIpc) is 2.74. The molecule has 1 unspecified atom stereocenters. The molecule has 3 aromatic rings. The first-order valence-corrected chi connectivity index (χ1v) is 9.50. The standard InChI is InChI=1S/C24H24N2O4/c1-16(11-18-7-5-4-6-8-18)30-22-13-20(12-21(27)14-22)24(28)26-23-10-9-19(15-25-23)17(2)29-3/h4-10,12-16,27H,2,11H2,1,3H3,(H,25,26,28).